The highest BCUT2D eigenvalue weighted by Crippen LogP contribution is 2.26. The summed E-state index contributed by atoms with van der Waals surface area (Å²) in [7, 11) is -4.38. The monoisotopic (exact) mass is 274 g/mol. The Morgan fingerprint density at radius 3 is 2.61 bits per heavy atom. The summed E-state index contributed by atoms with van der Waals surface area (Å²) in [6.07, 6.45) is -0.667. The summed E-state index contributed by atoms with van der Waals surface area (Å²) in [6.45, 7) is 3.43. The second-order valence-electron chi connectivity index (χ2n) is 3.53. The lowest BCUT2D eigenvalue weighted by Gasteiger charge is -2.11. The molecular weight excluding hydrogens is 260 g/mol. The predicted molar refractivity (Wildman–Crippen MR) is 66.1 cm³/mol. The zero-order valence-electron chi connectivity index (χ0n) is 9.93. The van der Waals surface area contributed by atoms with Crippen LogP contribution in [0.5, 0.6) is 0 Å². The minimum Gasteiger partial charge on any atom is -0.450 e. The number of benzene rings is 1. The van der Waals surface area contributed by atoms with Gasteiger partial charge >= 0.3 is 6.09 Å². The molecule has 1 aromatic rings. The molecule has 0 radical (unpaired) electrons. The van der Waals surface area contributed by atoms with Crippen molar-refractivity contribution in [3.63, 3.8) is 0 Å². The molecule has 4 N–H and O–H groups in total. The molecule has 0 aromatic heterocycles. The van der Waals surface area contributed by atoms with E-state index >= 15 is 0 Å². The molecule has 0 aliphatic rings. The standard InChI is InChI=1S/C10H14N2O5S/c1-3-17-10(13)12-8-5-7(11)9(4-6(8)2)18(14,15)16/h4-5H,3,11H2,1-2H3,(H,12,13)(H,14,15,16). The summed E-state index contributed by atoms with van der Waals surface area (Å²) >= 11 is 0. The quantitative estimate of drug-likeness (QED) is 0.566. The molecular formula is C10H14N2O5S. The Balaban J connectivity index is 3.12. The van der Waals surface area contributed by atoms with E-state index in [-0.39, 0.29) is 12.3 Å². The second kappa shape index (κ2) is 5.23. The number of carbonyl (C=O) groups is 1. The number of aryl methyl sites for hydroxylation is 1. The second-order valence-corrected chi connectivity index (χ2v) is 4.92. The van der Waals surface area contributed by atoms with E-state index < -0.39 is 21.1 Å². The number of nitrogens with two attached hydrogens (primary N) is 1. The van der Waals surface area contributed by atoms with E-state index in [0.29, 0.717) is 11.3 Å². The van der Waals surface area contributed by atoms with Crippen LogP contribution in [0.2, 0.25) is 0 Å². The van der Waals surface area contributed by atoms with Gasteiger partial charge < -0.3 is 10.5 Å². The lowest BCUT2D eigenvalue weighted by Crippen LogP contribution is -2.15. The van der Waals surface area contributed by atoms with Crippen molar-refractivity contribution in [2.75, 3.05) is 17.7 Å². The van der Waals surface area contributed by atoms with Gasteiger partial charge in [0.05, 0.1) is 12.3 Å². The number of anilines is 2. The zero-order valence-corrected chi connectivity index (χ0v) is 10.7. The van der Waals surface area contributed by atoms with Gasteiger partial charge in [-0.3, -0.25) is 9.87 Å². The van der Waals surface area contributed by atoms with Crippen molar-refractivity contribution >= 4 is 27.6 Å². The fourth-order valence-corrected chi connectivity index (χ4v) is 2.02. The molecule has 1 aromatic carbocycles. The molecule has 18 heavy (non-hydrogen) atoms. The average Bonchev–Trinajstić information content (AvgIpc) is 2.21. The Bertz CT molecular complexity index is 568. The summed E-state index contributed by atoms with van der Waals surface area (Å²) in [5, 5.41) is 2.41. The smallest absolute Gasteiger partial charge is 0.411 e. The average molecular weight is 274 g/mol. The summed E-state index contributed by atoms with van der Waals surface area (Å²) < 4.78 is 35.6. The number of amides is 1. The molecule has 0 aliphatic carbocycles. The van der Waals surface area contributed by atoms with Crippen molar-refractivity contribution in [1.82, 2.24) is 0 Å². The molecule has 0 aliphatic heterocycles. The molecule has 0 fully saturated rings. The van der Waals surface area contributed by atoms with Crippen molar-refractivity contribution in [2.45, 2.75) is 18.7 Å². The Hall–Kier alpha value is -1.80. The molecule has 0 spiro atoms. The largest absolute Gasteiger partial charge is 0.450 e. The Kier molecular flexibility index (Phi) is 4.15. The first kappa shape index (κ1) is 14.3. The number of nitrogen functional groups attached to an aromatic ring is 1. The highest BCUT2D eigenvalue weighted by Gasteiger charge is 2.16. The highest BCUT2D eigenvalue weighted by molar-refractivity contribution is 7.86. The third-order valence-electron chi connectivity index (χ3n) is 2.15. The zero-order chi connectivity index (χ0) is 13.9. The van der Waals surface area contributed by atoms with Crippen LogP contribution in [0.4, 0.5) is 16.2 Å². The van der Waals surface area contributed by atoms with Gasteiger partial charge in [0.25, 0.3) is 10.1 Å². The molecule has 0 atom stereocenters. The van der Waals surface area contributed by atoms with Crippen LogP contribution in [0.15, 0.2) is 17.0 Å². The van der Waals surface area contributed by atoms with Gasteiger partial charge in [-0.2, -0.15) is 8.42 Å². The summed E-state index contributed by atoms with van der Waals surface area (Å²) in [5.74, 6) is 0. The van der Waals surface area contributed by atoms with E-state index in [2.05, 4.69) is 10.1 Å². The third kappa shape index (κ3) is 3.34. The van der Waals surface area contributed by atoms with Crippen molar-refractivity contribution in [3.05, 3.63) is 17.7 Å². The predicted octanol–water partition coefficient (Wildman–Crippen LogP) is 1.39. The lowest BCUT2D eigenvalue weighted by molar-refractivity contribution is 0.168. The topological polar surface area (TPSA) is 119 Å². The van der Waals surface area contributed by atoms with Crippen molar-refractivity contribution in [1.29, 1.82) is 0 Å². The summed E-state index contributed by atoms with van der Waals surface area (Å²) in [6, 6.07) is 2.42. The molecule has 0 bridgehead atoms. The van der Waals surface area contributed by atoms with E-state index in [9.17, 15) is 13.2 Å². The van der Waals surface area contributed by atoms with Crippen LogP contribution in [0.1, 0.15) is 12.5 Å². The number of hydrogen-bond acceptors (Lipinski definition) is 5. The van der Waals surface area contributed by atoms with E-state index in [0.717, 1.165) is 0 Å². The van der Waals surface area contributed by atoms with Gasteiger partial charge in [0.1, 0.15) is 4.90 Å². The highest BCUT2D eigenvalue weighted by atomic mass is 32.2. The van der Waals surface area contributed by atoms with Crippen molar-refractivity contribution < 1.29 is 22.5 Å². The first-order chi connectivity index (χ1) is 8.25. The molecule has 7 nitrogen and oxygen atoms in total. The number of hydrogen-bond donors (Lipinski definition) is 3. The maximum absolute atomic E-state index is 11.2. The summed E-state index contributed by atoms with van der Waals surface area (Å²) in [4.78, 5) is 10.8. The van der Waals surface area contributed by atoms with Crippen LogP contribution in [0.25, 0.3) is 0 Å². The first-order valence-corrected chi connectivity index (χ1v) is 6.51. The Morgan fingerprint density at radius 2 is 2.11 bits per heavy atom. The van der Waals surface area contributed by atoms with E-state index in [4.69, 9.17) is 10.3 Å². The minimum atomic E-state index is -4.38. The number of rotatable bonds is 3. The van der Waals surface area contributed by atoms with Gasteiger partial charge in [0, 0.05) is 5.69 Å². The number of ether oxygens (including phenoxy) is 1. The van der Waals surface area contributed by atoms with E-state index in [1.54, 1.807) is 13.8 Å². The maximum Gasteiger partial charge on any atom is 0.411 e. The molecule has 0 heterocycles. The fourth-order valence-electron chi connectivity index (χ4n) is 1.33. The van der Waals surface area contributed by atoms with E-state index in [1.165, 1.54) is 12.1 Å². The fraction of sp³-hybridized carbons (Fsp3) is 0.300. The van der Waals surface area contributed by atoms with Gasteiger partial charge in [0.2, 0.25) is 0 Å². The van der Waals surface area contributed by atoms with Crippen molar-refractivity contribution in [2.24, 2.45) is 0 Å². The maximum atomic E-state index is 11.2. The van der Waals surface area contributed by atoms with E-state index in [1.807, 2.05) is 0 Å². The van der Waals surface area contributed by atoms with Gasteiger partial charge in [-0.25, -0.2) is 4.79 Å². The Morgan fingerprint density at radius 1 is 1.50 bits per heavy atom. The van der Waals surface area contributed by atoms with Crippen LogP contribution >= 0.6 is 0 Å². The normalized spacial score (nSPS) is 11.1. The summed E-state index contributed by atoms with van der Waals surface area (Å²) in [5.41, 5.74) is 6.09. The van der Waals surface area contributed by atoms with Crippen LogP contribution in [-0.2, 0) is 14.9 Å². The minimum absolute atomic E-state index is 0.158. The molecule has 1 rings (SSSR count). The van der Waals surface area contributed by atoms with Crippen LogP contribution in [0.3, 0.4) is 0 Å². The van der Waals surface area contributed by atoms with Crippen LogP contribution in [0, 0.1) is 6.92 Å². The SMILES string of the molecule is CCOC(=O)Nc1cc(N)c(S(=O)(=O)O)cc1C. The van der Waals surface area contributed by atoms with Crippen LogP contribution < -0.4 is 11.1 Å². The molecule has 8 heteroatoms. The number of nitrogens with one attached hydrogen (secondary N) is 1. The van der Waals surface area contributed by atoms with Gasteiger partial charge in [-0.15, -0.1) is 0 Å². The third-order valence-corrected chi connectivity index (χ3v) is 3.06. The van der Waals surface area contributed by atoms with Gasteiger partial charge in [0.15, 0.2) is 0 Å². The van der Waals surface area contributed by atoms with Crippen LogP contribution in [-0.4, -0.2) is 25.7 Å². The lowest BCUT2D eigenvalue weighted by atomic mass is 10.2. The van der Waals surface area contributed by atoms with Gasteiger partial charge in [-0.1, -0.05) is 0 Å². The molecule has 100 valence electrons. The first-order valence-electron chi connectivity index (χ1n) is 5.07. The van der Waals surface area contributed by atoms with Gasteiger partial charge in [-0.05, 0) is 31.5 Å². The number of carbonyl (C=O) groups excluding carboxylic acids is 1. The Labute approximate surface area is 105 Å². The molecule has 1 amide bonds. The molecule has 0 unspecified atom stereocenters. The van der Waals surface area contributed by atoms with Crippen molar-refractivity contribution in [3.8, 4) is 0 Å². The molecule has 0 saturated carbocycles. The molecule has 0 saturated heterocycles.